The highest BCUT2D eigenvalue weighted by Crippen LogP contribution is 2.24. The van der Waals surface area contributed by atoms with Crippen molar-refractivity contribution in [1.82, 2.24) is 14.9 Å². The molecule has 2 heterocycles. The van der Waals surface area contributed by atoms with E-state index in [1.165, 1.54) is 18.5 Å². The molecule has 1 fully saturated rings. The summed E-state index contributed by atoms with van der Waals surface area (Å²) in [6.45, 7) is 7.36. The van der Waals surface area contributed by atoms with Gasteiger partial charge in [0.2, 0.25) is 0 Å². The van der Waals surface area contributed by atoms with Gasteiger partial charge in [-0.25, -0.2) is 4.98 Å². The van der Waals surface area contributed by atoms with Crippen LogP contribution < -0.4 is 10.2 Å². The minimum absolute atomic E-state index is 0.0440. The van der Waals surface area contributed by atoms with Crippen molar-refractivity contribution in [3.8, 4) is 0 Å². The SMILES string of the molecule is C[C@@H]1CCCN(c2ccc([C@@H](C)NC(=O)c3ccc(Cn4ccnc4)cc3)cc2)C1. The van der Waals surface area contributed by atoms with Crippen LogP contribution in [0.4, 0.5) is 5.69 Å². The third kappa shape index (κ3) is 4.90. The zero-order valence-corrected chi connectivity index (χ0v) is 17.8. The van der Waals surface area contributed by atoms with E-state index in [0.717, 1.165) is 36.7 Å². The monoisotopic (exact) mass is 402 g/mol. The van der Waals surface area contributed by atoms with E-state index in [1.807, 2.05) is 42.0 Å². The van der Waals surface area contributed by atoms with Crippen molar-refractivity contribution in [2.45, 2.75) is 39.3 Å². The summed E-state index contributed by atoms with van der Waals surface area (Å²) >= 11 is 0. The summed E-state index contributed by atoms with van der Waals surface area (Å²) in [5.41, 5.74) is 4.21. The molecule has 1 aliphatic heterocycles. The van der Waals surface area contributed by atoms with Gasteiger partial charge in [-0.05, 0) is 61.1 Å². The fourth-order valence-electron chi connectivity index (χ4n) is 4.11. The number of hydrogen-bond acceptors (Lipinski definition) is 3. The lowest BCUT2D eigenvalue weighted by Crippen LogP contribution is -2.34. The molecule has 1 amide bonds. The van der Waals surface area contributed by atoms with Crippen LogP contribution in [0.5, 0.6) is 0 Å². The first-order chi connectivity index (χ1) is 14.6. The minimum Gasteiger partial charge on any atom is -0.371 e. The van der Waals surface area contributed by atoms with Crippen LogP contribution in [0.25, 0.3) is 0 Å². The molecule has 2 atom stereocenters. The largest absolute Gasteiger partial charge is 0.371 e. The molecule has 0 radical (unpaired) electrons. The van der Waals surface area contributed by atoms with E-state index in [9.17, 15) is 4.79 Å². The molecule has 0 unspecified atom stereocenters. The number of carbonyl (C=O) groups is 1. The molecular formula is C25H30N4O. The zero-order valence-electron chi connectivity index (χ0n) is 17.8. The number of nitrogens with one attached hydrogen (secondary N) is 1. The standard InChI is InChI=1S/C25H30N4O/c1-19-4-3-14-29(16-19)24-11-9-22(10-12-24)20(2)27-25(30)23-7-5-21(6-8-23)17-28-15-13-26-18-28/h5-13,15,18-20H,3-4,14,16-17H2,1-2H3,(H,27,30)/t19-,20-/m1/s1. The van der Waals surface area contributed by atoms with Crippen molar-refractivity contribution in [3.63, 3.8) is 0 Å². The number of amides is 1. The summed E-state index contributed by atoms with van der Waals surface area (Å²) in [4.78, 5) is 19.2. The summed E-state index contributed by atoms with van der Waals surface area (Å²) in [6.07, 6.45) is 8.07. The number of benzene rings is 2. The van der Waals surface area contributed by atoms with E-state index < -0.39 is 0 Å². The smallest absolute Gasteiger partial charge is 0.251 e. The van der Waals surface area contributed by atoms with Gasteiger partial charge in [-0.3, -0.25) is 4.79 Å². The number of piperidine rings is 1. The summed E-state index contributed by atoms with van der Waals surface area (Å²) in [7, 11) is 0. The van der Waals surface area contributed by atoms with Gasteiger partial charge < -0.3 is 14.8 Å². The number of aromatic nitrogens is 2. The number of imidazole rings is 1. The van der Waals surface area contributed by atoms with Gasteiger partial charge >= 0.3 is 0 Å². The van der Waals surface area contributed by atoms with Crippen molar-refractivity contribution in [2.75, 3.05) is 18.0 Å². The molecule has 1 aromatic heterocycles. The molecule has 5 nitrogen and oxygen atoms in total. The maximum atomic E-state index is 12.7. The Balaban J connectivity index is 1.34. The van der Waals surface area contributed by atoms with E-state index in [0.29, 0.717) is 5.56 Å². The van der Waals surface area contributed by atoms with Crippen LogP contribution >= 0.6 is 0 Å². The molecular weight excluding hydrogens is 372 g/mol. The van der Waals surface area contributed by atoms with Crippen molar-refractivity contribution < 1.29 is 4.79 Å². The Morgan fingerprint density at radius 2 is 1.93 bits per heavy atom. The topological polar surface area (TPSA) is 50.2 Å². The maximum absolute atomic E-state index is 12.7. The maximum Gasteiger partial charge on any atom is 0.251 e. The van der Waals surface area contributed by atoms with Gasteiger partial charge in [-0.1, -0.05) is 31.2 Å². The number of anilines is 1. The summed E-state index contributed by atoms with van der Waals surface area (Å²) in [5, 5.41) is 3.12. The lowest BCUT2D eigenvalue weighted by atomic mass is 9.99. The highest BCUT2D eigenvalue weighted by molar-refractivity contribution is 5.94. The van der Waals surface area contributed by atoms with Crippen molar-refractivity contribution in [1.29, 1.82) is 0 Å². The van der Waals surface area contributed by atoms with E-state index in [1.54, 1.807) is 12.5 Å². The van der Waals surface area contributed by atoms with Crippen molar-refractivity contribution >= 4 is 11.6 Å². The molecule has 2 aromatic carbocycles. The molecule has 1 N–H and O–H groups in total. The Morgan fingerprint density at radius 3 is 2.60 bits per heavy atom. The van der Waals surface area contributed by atoms with E-state index in [-0.39, 0.29) is 11.9 Å². The molecule has 0 aliphatic carbocycles. The molecule has 30 heavy (non-hydrogen) atoms. The van der Waals surface area contributed by atoms with Crippen LogP contribution in [0.2, 0.25) is 0 Å². The predicted octanol–water partition coefficient (Wildman–Crippen LogP) is 4.66. The highest BCUT2D eigenvalue weighted by Gasteiger charge is 2.17. The average Bonchev–Trinajstić information content (AvgIpc) is 3.27. The summed E-state index contributed by atoms with van der Waals surface area (Å²) in [5.74, 6) is 0.702. The van der Waals surface area contributed by atoms with Crippen LogP contribution in [-0.2, 0) is 6.54 Å². The van der Waals surface area contributed by atoms with Crippen LogP contribution in [-0.4, -0.2) is 28.5 Å². The van der Waals surface area contributed by atoms with E-state index >= 15 is 0 Å². The Hall–Kier alpha value is -3.08. The second-order valence-corrected chi connectivity index (χ2v) is 8.41. The lowest BCUT2D eigenvalue weighted by Gasteiger charge is -2.33. The normalized spacial score (nSPS) is 17.5. The first-order valence-corrected chi connectivity index (χ1v) is 10.8. The Labute approximate surface area is 178 Å². The molecule has 156 valence electrons. The second kappa shape index (κ2) is 9.16. The van der Waals surface area contributed by atoms with Crippen LogP contribution in [0, 0.1) is 5.92 Å². The van der Waals surface area contributed by atoms with Gasteiger partial charge in [-0.2, -0.15) is 0 Å². The van der Waals surface area contributed by atoms with Gasteiger partial charge in [0.05, 0.1) is 12.4 Å². The van der Waals surface area contributed by atoms with Crippen LogP contribution in [0.3, 0.4) is 0 Å². The third-order valence-electron chi connectivity index (χ3n) is 5.90. The van der Waals surface area contributed by atoms with Crippen molar-refractivity contribution in [2.24, 2.45) is 5.92 Å². The molecule has 0 saturated carbocycles. The number of rotatable bonds is 6. The third-order valence-corrected chi connectivity index (χ3v) is 5.90. The predicted molar refractivity (Wildman–Crippen MR) is 121 cm³/mol. The van der Waals surface area contributed by atoms with Crippen LogP contribution in [0.15, 0.2) is 67.3 Å². The fraction of sp³-hybridized carbons (Fsp3) is 0.360. The first-order valence-electron chi connectivity index (χ1n) is 10.8. The van der Waals surface area contributed by atoms with Gasteiger partial charge in [0.25, 0.3) is 5.91 Å². The quantitative estimate of drug-likeness (QED) is 0.652. The zero-order chi connectivity index (χ0) is 20.9. The first kappa shape index (κ1) is 20.2. The van der Waals surface area contributed by atoms with Gasteiger partial charge in [0.1, 0.15) is 0 Å². The van der Waals surface area contributed by atoms with Gasteiger partial charge in [0.15, 0.2) is 0 Å². The summed E-state index contributed by atoms with van der Waals surface area (Å²) in [6, 6.07) is 16.3. The Morgan fingerprint density at radius 1 is 1.17 bits per heavy atom. The number of hydrogen-bond donors (Lipinski definition) is 1. The molecule has 1 saturated heterocycles. The van der Waals surface area contributed by atoms with Gasteiger partial charge in [0, 0.05) is 43.3 Å². The van der Waals surface area contributed by atoms with Gasteiger partial charge in [-0.15, -0.1) is 0 Å². The molecule has 1 aliphatic rings. The van der Waals surface area contributed by atoms with E-state index in [4.69, 9.17) is 0 Å². The molecule has 3 aromatic rings. The molecule has 0 bridgehead atoms. The Bertz CT molecular complexity index is 948. The Kier molecular flexibility index (Phi) is 6.17. The lowest BCUT2D eigenvalue weighted by molar-refractivity contribution is 0.0940. The summed E-state index contributed by atoms with van der Waals surface area (Å²) < 4.78 is 2.01. The van der Waals surface area contributed by atoms with Crippen LogP contribution in [0.1, 0.15) is 54.2 Å². The second-order valence-electron chi connectivity index (χ2n) is 8.41. The molecule has 4 rings (SSSR count). The van der Waals surface area contributed by atoms with Crippen molar-refractivity contribution in [3.05, 3.63) is 83.9 Å². The average molecular weight is 403 g/mol. The minimum atomic E-state index is -0.0504. The number of carbonyl (C=O) groups excluding carboxylic acids is 1. The fourth-order valence-corrected chi connectivity index (χ4v) is 4.11. The van der Waals surface area contributed by atoms with E-state index in [2.05, 4.69) is 46.4 Å². The molecule has 5 heteroatoms. The molecule has 0 spiro atoms. The highest BCUT2D eigenvalue weighted by atomic mass is 16.1. The number of nitrogens with zero attached hydrogens (tertiary/aromatic N) is 3.